The molecule has 1 heterocycles. The Morgan fingerprint density at radius 1 is 1.28 bits per heavy atom. The van der Waals surface area contributed by atoms with Gasteiger partial charge in [-0.3, -0.25) is 14.3 Å². The van der Waals surface area contributed by atoms with Crippen molar-refractivity contribution < 1.29 is 14.7 Å². The summed E-state index contributed by atoms with van der Waals surface area (Å²) in [4.78, 5) is 25.2. The third-order valence-corrected chi connectivity index (χ3v) is 5.82. The minimum Gasteiger partial charge on any atom is -0.393 e. The zero-order valence-corrected chi connectivity index (χ0v) is 17.6. The second kappa shape index (κ2) is 8.97. The van der Waals surface area contributed by atoms with Crippen molar-refractivity contribution in [3.63, 3.8) is 0 Å². The van der Waals surface area contributed by atoms with Gasteiger partial charge in [-0.15, -0.1) is 0 Å². The van der Waals surface area contributed by atoms with Gasteiger partial charge in [-0.05, 0) is 49.8 Å². The maximum atomic E-state index is 13.1. The normalized spacial score (nSPS) is 22.7. The zero-order chi connectivity index (χ0) is 21.1. The molecule has 1 saturated carbocycles. The molecule has 0 saturated heterocycles. The third-order valence-electron chi connectivity index (χ3n) is 5.59. The number of benzene rings is 1. The Bertz CT molecular complexity index is 898. The Morgan fingerprint density at radius 3 is 2.69 bits per heavy atom. The van der Waals surface area contributed by atoms with E-state index in [-0.39, 0.29) is 41.6 Å². The van der Waals surface area contributed by atoms with E-state index in [9.17, 15) is 14.7 Å². The molecule has 3 rings (SSSR count). The second-order valence-electron chi connectivity index (χ2n) is 7.70. The lowest BCUT2D eigenvalue weighted by molar-refractivity contribution is 0.0612. The summed E-state index contributed by atoms with van der Waals surface area (Å²) in [5.74, 6) is -0.508. The van der Waals surface area contributed by atoms with Crippen molar-refractivity contribution in [1.29, 1.82) is 0 Å². The molecule has 1 aliphatic carbocycles. The number of halogens is 1. The van der Waals surface area contributed by atoms with Gasteiger partial charge in [0.2, 0.25) is 0 Å². The minimum absolute atomic E-state index is 0.0193. The van der Waals surface area contributed by atoms with Crippen LogP contribution in [-0.4, -0.2) is 45.9 Å². The molecule has 1 aliphatic rings. The van der Waals surface area contributed by atoms with Gasteiger partial charge in [0.1, 0.15) is 5.69 Å². The van der Waals surface area contributed by atoms with E-state index in [0.717, 1.165) is 12.0 Å². The quantitative estimate of drug-likeness (QED) is 0.695. The first-order chi connectivity index (χ1) is 13.8. The molecule has 1 aromatic heterocycles. The van der Waals surface area contributed by atoms with Crippen molar-refractivity contribution in [3.05, 3.63) is 52.3 Å². The summed E-state index contributed by atoms with van der Waals surface area (Å²) in [6.45, 7) is 3.89. The lowest BCUT2D eigenvalue weighted by atomic mass is 9.84. The molecule has 2 amide bonds. The second-order valence-corrected chi connectivity index (χ2v) is 8.13. The molecule has 0 bridgehead atoms. The Kier molecular flexibility index (Phi) is 6.59. The van der Waals surface area contributed by atoms with E-state index in [0.29, 0.717) is 23.6 Å². The lowest BCUT2D eigenvalue weighted by Gasteiger charge is -2.31. The first kappa shape index (κ1) is 21.3. The summed E-state index contributed by atoms with van der Waals surface area (Å²) in [7, 11) is 1.52. The van der Waals surface area contributed by atoms with Crippen molar-refractivity contribution >= 4 is 23.4 Å². The monoisotopic (exact) mass is 418 g/mol. The standard InChI is InChI=1S/C21H27ClN4O3/c1-12-9-16(7-8-19(12)27)24-21(29)18-11-17(20(28)23-3)25-26(18)13(2)14-5-4-6-15(22)10-14/h4-6,10-13,16,19,27H,7-9H2,1-3H3,(H,23,28)(H,24,29)/t12-,13-,16-,19-/m0/s1. The number of hydrogen-bond acceptors (Lipinski definition) is 4. The van der Waals surface area contributed by atoms with Crippen molar-refractivity contribution in [2.45, 2.75) is 51.3 Å². The first-order valence-corrected chi connectivity index (χ1v) is 10.2. The van der Waals surface area contributed by atoms with E-state index in [1.54, 1.807) is 10.7 Å². The first-order valence-electron chi connectivity index (χ1n) is 9.86. The van der Waals surface area contributed by atoms with Gasteiger partial charge in [-0.25, -0.2) is 0 Å². The SMILES string of the molecule is CNC(=O)c1cc(C(=O)N[C@H]2CC[C@H](O)[C@@H](C)C2)n([C@@H](C)c2cccc(Cl)c2)n1. The Balaban J connectivity index is 1.89. The van der Waals surface area contributed by atoms with Crippen molar-refractivity contribution in [1.82, 2.24) is 20.4 Å². The van der Waals surface area contributed by atoms with E-state index >= 15 is 0 Å². The van der Waals surface area contributed by atoms with Gasteiger partial charge in [0.05, 0.1) is 12.1 Å². The van der Waals surface area contributed by atoms with E-state index in [1.807, 2.05) is 32.0 Å². The molecule has 0 radical (unpaired) electrons. The fourth-order valence-corrected chi connectivity index (χ4v) is 3.98. The predicted molar refractivity (Wildman–Crippen MR) is 111 cm³/mol. The molecule has 1 aromatic carbocycles. The summed E-state index contributed by atoms with van der Waals surface area (Å²) >= 11 is 6.12. The molecule has 29 heavy (non-hydrogen) atoms. The molecule has 4 atom stereocenters. The molecule has 0 aliphatic heterocycles. The number of nitrogens with one attached hydrogen (secondary N) is 2. The largest absolute Gasteiger partial charge is 0.393 e. The molecule has 3 N–H and O–H groups in total. The van der Waals surface area contributed by atoms with Crippen LogP contribution in [0.15, 0.2) is 30.3 Å². The number of aliphatic hydroxyl groups is 1. The van der Waals surface area contributed by atoms with E-state index in [1.165, 1.54) is 13.1 Å². The number of carbonyl (C=O) groups excluding carboxylic acids is 2. The smallest absolute Gasteiger partial charge is 0.271 e. The van der Waals surface area contributed by atoms with Crippen LogP contribution < -0.4 is 10.6 Å². The number of nitrogens with zero attached hydrogens (tertiary/aromatic N) is 2. The lowest BCUT2D eigenvalue weighted by Crippen LogP contribution is -2.42. The van der Waals surface area contributed by atoms with Crippen LogP contribution in [0.1, 0.15) is 65.7 Å². The zero-order valence-electron chi connectivity index (χ0n) is 16.9. The number of carbonyl (C=O) groups is 2. The fraction of sp³-hybridized carbons (Fsp3) is 0.476. The van der Waals surface area contributed by atoms with Crippen LogP contribution in [0.3, 0.4) is 0 Å². The third kappa shape index (κ3) is 4.79. The molecule has 8 heteroatoms. The van der Waals surface area contributed by atoms with Gasteiger partial charge in [0, 0.05) is 24.2 Å². The van der Waals surface area contributed by atoms with Crippen LogP contribution >= 0.6 is 11.6 Å². The average molecular weight is 419 g/mol. The molecule has 2 aromatic rings. The number of aliphatic hydroxyl groups excluding tert-OH is 1. The number of amides is 2. The van der Waals surface area contributed by atoms with Gasteiger partial charge in [0.15, 0.2) is 5.69 Å². The molecule has 156 valence electrons. The van der Waals surface area contributed by atoms with E-state index in [4.69, 9.17) is 11.6 Å². The molecule has 0 spiro atoms. The number of rotatable bonds is 5. The summed E-state index contributed by atoms with van der Waals surface area (Å²) < 4.78 is 1.56. The van der Waals surface area contributed by atoms with Crippen LogP contribution in [-0.2, 0) is 0 Å². The van der Waals surface area contributed by atoms with Crippen molar-refractivity contribution in [3.8, 4) is 0 Å². The Labute approximate surface area is 175 Å². The Hall–Kier alpha value is -2.38. The maximum Gasteiger partial charge on any atom is 0.271 e. The van der Waals surface area contributed by atoms with Crippen LogP contribution in [0.5, 0.6) is 0 Å². The summed E-state index contributed by atoms with van der Waals surface area (Å²) in [5, 5.41) is 20.5. The highest BCUT2D eigenvalue weighted by Crippen LogP contribution is 2.26. The maximum absolute atomic E-state index is 13.1. The van der Waals surface area contributed by atoms with Crippen LogP contribution in [0.25, 0.3) is 0 Å². The van der Waals surface area contributed by atoms with Gasteiger partial charge in [0.25, 0.3) is 11.8 Å². The minimum atomic E-state index is -0.356. The van der Waals surface area contributed by atoms with Gasteiger partial charge in [-0.2, -0.15) is 5.10 Å². The predicted octanol–water partition coefficient (Wildman–Crippen LogP) is 2.78. The number of aromatic nitrogens is 2. The molecule has 1 fully saturated rings. The van der Waals surface area contributed by atoms with Gasteiger partial charge < -0.3 is 15.7 Å². The van der Waals surface area contributed by atoms with Crippen molar-refractivity contribution in [2.75, 3.05) is 7.05 Å². The van der Waals surface area contributed by atoms with Crippen molar-refractivity contribution in [2.24, 2.45) is 5.92 Å². The summed E-state index contributed by atoms with van der Waals surface area (Å²) in [6.07, 6.45) is 1.77. The fourth-order valence-electron chi connectivity index (χ4n) is 3.78. The van der Waals surface area contributed by atoms with Crippen LogP contribution in [0.4, 0.5) is 0 Å². The molecular weight excluding hydrogens is 392 g/mol. The molecule has 0 unspecified atom stereocenters. The molecule has 7 nitrogen and oxygen atoms in total. The number of hydrogen-bond donors (Lipinski definition) is 3. The summed E-state index contributed by atoms with van der Waals surface area (Å²) in [5.41, 5.74) is 1.38. The summed E-state index contributed by atoms with van der Waals surface area (Å²) in [6, 6.07) is 8.54. The molecular formula is C21H27ClN4O3. The van der Waals surface area contributed by atoms with Gasteiger partial charge >= 0.3 is 0 Å². The van der Waals surface area contributed by atoms with E-state index in [2.05, 4.69) is 15.7 Å². The Morgan fingerprint density at radius 2 is 2.03 bits per heavy atom. The highest BCUT2D eigenvalue weighted by Gasteiger charge is 2.29. The van der Waals surface area contributed by atoms with Crippen LogP contribution in [0.2, 0.25) is 5.02 Å². The average Bonchev–Trinajstić information content (AvgIpc) is 3.15. The highest BCUT2D eigenvalue weighted by atomic mass is 35.5. The highest BCUT2D eigenvalue weighted by molar-refractivity contribution is 6.30. The van der Waals surface area contributed by atoms with Gasteiger partial charge in [-0.1, -0.05) is 30.7 Å². The topological polar surface area (TPSA) is 96.3 Å². The van der Waals surface area contributed by atoms with Crippen LogP contribution in [0, 0.1) is 5.92 Å². The van der Waals surface area contributed by atoms with E-state index < -0.39 is 0 Å².